The Labute approximate surface area is 240 Å². The quantitative estimate of drug-likeness (QED) is 0.194. The standard InChI is InChI=1S/C36H34N2O3/c1-40-33-22-21-29(24-34(33)41-30-19-11-12-20-30)31(23-26-13-5-2-6-14-26)32-25-37-36(39)38(32)35(27-15-7-3-8-16-27)28-17-9-4-10-18-28/h2-10,13-18,21-25,30,35H,11-12,19-20H2,1H3,(H,37,39). The van der Waals surface area contributed by atoms with Crippen molar-refractivity contribution < 1.29 is 9.47 Å². The highest BCUT2D eigenvalue weighted by Crippen LogP contribution is 2.38. The fourth-order valence-electron chi connectivity index (χ4n) is 5.75. The highest BCUT2D eigenvalue weighted by Gasteiger charge is 2.25. The third-order valence-electron chi connectivity index (χ3n) is 7.76. The summed E-state index contributed by atoms with van der Waals surface area (Å²) in [5.74, 6) is 1.43. The summed E-state index contributed by atoms with van der Waals surface area (Å²) in [7, 11) is 1.67. The highest BCUT2D eigenvalue weighted by molar-refractivity contribution is 5.91. The predicted octanol–water partition coefficient (Wildman–Crippen LogP) is 7.73. The van der Waals surface area contributed by atoms with Gasteiger partial charge in [0.25, 0.3) is 0 Å². The van der Waals surface area contributed by atoms with Crippen molar-refractivity contribution in [2.75, 3.05) is 7.11 Å². The van der Waals surface area contributed by atoms with E-state index in [1.807, 2.05) is 83.6 Å². The summed E-state index contributed by atoms with van der Waals surface area (Å²) in [6.07, 6.45) is 8.60. The zero-order valence-electron chi connectivity index (χ0n) is 23.2. The van der Waals surface area contributed by atoms with Crippen molar-refractivity contribution in [1.29, 1.82) is 0 Å². The van der Waals surface area contributed by atoms with E-state index in [9.17, 15) is 4.79 Å². The van der Waals surface area contributed by atoms with Crippen LogP contribution < -0.4 is 15.2 Å². The molecule has 1 N–H and O–H groups in total. The molecule has 41 heavy (non-hydrogen) atoms. The topological polar surface area (TPSA) is 56.2 Å². The van der Waals surface area contributed by atoms with Crippen molar-refractivity contribution in [3.8, 4) is 11.5 Å². The molecule has 1 aromatic heterocycles. The summed E-state index contributed by atoms with van der Waals surface area (Å²) in [4.78, 5) is 16.6. The molecule has 5 aromatic rings. The number of H-pyrrole nitrogens is 1. The van der Waals surface area contributed by atoms with Crippen LogP contribution in [0.15, 0.2) is 120 Å². The predicted molar refractivity (Wildman–Crippen MR) is 164 cm³/mol. The minimum atomic E-state index is -0.321. The van der Waals surface area contributed by atoms with E-state index < -0.39 is 0 Å². The van der Waals surface area contributed by atoms with Crippen LogP contribution in [0.4, 0.5) is 0 Å². The van der Waals surface area contributed by atoms with Gasteiger partial charge in [-0.2, -0.15) is 0 Å². The summed E-state index contributed by atoms with van der Waals surface area (Å²) in [6, 6.07) is 36.2. The fourth-order valence-corrected chi connectivity index (χ4v) is 5.75. The van der Waals surface area contributed by atoms with Crippen LogP contribution in [0.1, 0.15) is 59.7 Å². The van der Waals surface area contributed by atoms with Crippen molar-refractivity contribution in [1.82, 2.24) is 9.55 Å². The first kappa shape index (κ1) is 26.5. The minimum absolute atomic E-state index is 0.174. The van der Waals surface area contributed by atoms with Crippen LogP contribution >= 0.6 is 0 Å². The van der Waals surface area contributed by atoms with Gasteiger partial charge in [-0.15, -0.1) is 0 Å². The molecule has 0 bridgehead atoms. The summed E-state index contributed by atoms with van der Waals surface area (Å²) in [6.45, 7) is 0. The van der Waals surface area contributed by atoms with Gasteiger partial charge in [-0.3, -0.25) is 4.57 Å². The van der Waals surface area contributed by atoms with Crippen LogP contribution in [0, 0.1) is 0 Å². The lowest BCUT2D eigenvalue weighted by Gasteiger charge is -2.23. The Balaban J connectivity index is 1.54. The molecule has 6 rings (SSSR count). The zero-order valence-corrected chi connectivity index (χ0v) is 23.2. The van der Waals surface area contributed by atoms with Crippen LogP contribution in [0.2, 0.25) is 0 Å². The number of rotatable bonds is 9. The average molecular weight is 543 g/mol. The molecule has 0 saturated heterocycles. The monoisotopic (exact) mass is 542 g/mol. The van der Waals surface area contributed by atoms with Crippen molar-refractivity contribution >= 4 is 11.6 Å². The number of imidazole rings is 1. The third-order valence-corrected chi connectivity index (χ3v) is 7.76. The summed E-state index contributed by atoms with van der Waals surface area (Å²) in [5, 5.41) is 0. The van der Waals surface area contributed by atoms with Gasteiger partial charge in [-0.25, -0.2) is 4.79 Å². The summed E-state index contributed by atoms with van der Waals surface area (Å²) in [5.41, 5.74) is 5.55. The highest BCUT2D eigenvalue weighted by atomic mass is 16.5. The molecule has 206 valence electrons. The van der Waals surface area contributed by atoms with E-state index in [2.05, 4.69) is 47.5 Å². The van der Waals surface area contributed by atoms with E-state index in [0.717, 1.165) is 52.1 Å². The maximum atomic E-state index is 13.6. The third kappa shape index (κ3) is 5.75. The van der Waals surface area contributed by atoms with Gasteiger partial charge in [0.1, 0.15) is 0 Å². The molecule has 4 aromatic carbocycles. The molecule has 0 atom stereocenters. The molecule has 1 fully saturated rings. The first-order valence-electron chi connectivity index (χ1n) is 14.2. The first-order chi connectivity index (χ1) is 20.2. The number of aromatic nitrogens is 2. The molecule has 1 aliphatic rings. The Bertz CT molecular complexity index is 1630. The lowest BCUT2D eigenvalue weighted by molar-refractivity contribution is 0.201. The van der Waals surface area contributed by atoms with E-state index in [1.54, 1.807) is 7.11 Å². The van der Waals surface area contributed by atoms with Gasteiger partial charge in [0.2, 0.25) is 0 Å². The van der Waals surface area contributed by atoms with Gasteiger partial charge in [-0.1, -0.05) is 97.1 Å². The molecule has 5 heteroatoms. The second-order valence-corrected chi connectivity index (χ2v) is 10.4. The first-order valence-corrected chi connectivity index (χ1v) is 14.2. The van der Waals surface area contributed by atoms with Crippen molar-refractivity contribution in [2.45, 2.75) is 37.8 Å². The van der Waals surface area contributed by atoms with E-state index in [-0.39, 0.29) is 17.8 Å². The van der Waals surface area contributed by atoms with Crippen molar-refractivity contribution in [3.05, 3.63) is 154 Å². The lowest BCUT2D eigenvalue weighted by Crippen LogP contribution is -2.26. The van der Waals surface area contributed by atoms with Crippen LogP contribution in [0.3, 0.4) is 0 Å². The van der Waals surface area contributed by atoms with Crippen LogP contribution in [-0.2, 0) is 0 Å². The molecular formula is C36H34N2O3. The molecule has 0 aliphatic heterocycles. The number of nitrogens with one attached hydrogen (secondary N) is 1. The largest absolute Gasteiger partial charge is 0.493 e. The number of hydrogen-bond acceptors (Lipinski definition) is 3. The second-order valence-electron chi connectivity index (χ2n) is 10.4. The van der Waals surface area contributed by atoms with E-state index >= 15 is 0 Å². The number of aromatic amines is 1. The van der Waals surface area contributed by atoms with Gasteiger partial charge in [0.05, 0.1) is 24.9 Å². The van der Waals surface area contributed by atoms with E-state index in [1.165, 1.54) is 12.8 Å². The Morgan fingerprint density at radius 2 is 1.44 bits per heavy atom. The number of benzene rings is 4. The van der Waals surface area contributed by atoms with E-state index in [0.29, 0.717) is 5.75 Å². The van der Waals surface area contributed by atoms with Crippen LogP contribution in [-0.4, -0.2) is 22.8 Å². The smallest absolute Gasteiger partial charge is 0.326 e. The molecule has 0 amide bonds. The second kappa shape index (κ2) is 12.2. The van der Waals surface area contributed by atoms with Gasteiger partial charge in [-0.05, 0) is 66.1 Å². The van der Waals surface area contributed by atoms with Crippen molar-refractivity contribution in [3.63, 3.8) is 0 Å². The molecule has 1 heterocycles. The molecule has 0 spiro atoms. The molecule has 5 nitrogen and oxygen atoms in total. The SMILES string of the molecule is COc1ccc(C(=Cc2ccccc2)c2c[nH]c(=O)n2C(c2ccccc2)c2ccccc2)cc1OC1CCCC1. The van der Waals surface area contributed by atoms with Gasteiger partial charge in [0, 0.05) is 11.8 Å². The molecular weight excluding hydrogens is 508 g/mol. The number of hydrogen-bond donors (Lipinski definition) is 1. The normalized spacial score (nSPS) is 14.0. The molecule has 1 aliphatic carbocycles. The Morgan fingerprint density at radius 1 is 0.829 bits per heavy atom. The van der Waals surface area contributed by atoms with Gasteiger partial charge in [0.15, 0.2) is 11.5 Å². The minimum Gasteiger partial charge on any atom is -0.493 e. The van der Waals surface area contributed by atoms with Gasteiger partial charge < -0.3 is 14.5 Å². The number of methoxy groups -OCH3 is 1. The number of nitrogens with zero attached hydrogens (tertiary/aromatic N) is 1. The average Bonchev–Trinajstić information content (AvgIpc) is 3.68. The molecule has 1 saturated carbocycles. The van der Waals surface area contributed by atoms with Crippen LogP contribution in [0.25, 0.3) is 11.6 Å². The summed E-state index contributed by atoms with van der Waals surface area (Å²) >= 11 is 0. The Hall–Kier alpha value is -4.77. The van der Waals surface area contributed by atoms with Crippen molar-refractivity contribution in [2.24, 2.45) is 0 Å². The van der Waals surface area contributed by atoms with E-state index in [4.69, 9.17) is 9.47 Å². The molecule has 0 radical (unpaired) electrons. The maximum Gasteiger partial charge on any atom is 0.326 e. The number of ether oxygens (including phenoxy) is 2. The van der Waals surface area contributed by atoms with Crippen LogP contribution in [0.5, 0.6) is 11.5 Å². The maximum absolute atomic E-state index is 13.6. The molecule has 0 unspecified atom stereocenters. The Morgan fingerprint density at radius 3 is 2.05 bits per heavy atom. The summed E-state index contributed by atoms with van der Waals surface area (Å²) < 4.78 is 14.0. The lowest BCUT2D eigenvalue weighted by atomic mass is 9.95. The van der Waals surface area contributed by atoms with Gasteiger partial charge >= 0.3 is 5.69 Å². The zero-order chi connectivity index (χ0) is 28.0. The Kier molecular flexibility index (Phi) is 7.85. The fraction of sp³-hybridized carbons (Fsp3) is 0.194.